The highest BCUT2D eigenvalue weighted by molar-refractivity contribution is 7.92. The van der Waals surface area contributed by atoms with Crippen LogP contribution in [0.1, 0.15) is 89.3 Å². The van der Waals surface area contributed by atoms with Gasteiger partial charge < -0.3 is 14.4 Å². The van der Waals surface area contributed by atoms with Crippen molar-refractivity contribution < 1.29 is 23.3 Å². The Balaban J connectivity index is 1.17. The number of carbonyl (C=O) groups excluding carboxylic acids is 2. The molecule has 1 spiro atoms. The molecule has 2 amide bonds. The minimum atomic E-state index is -3.51. The van der Waals surface area contributed by atoms with Crippen LogP contribution < -0.4 is 14.4 Å². The van der Waals surface area contributed by atoms with E-state index in [0.29, 0.717) is 41.9 Å². The summed E-state index contributed by atoms with van der Waals surface area (Å²) in [4.78, 5) is 30.0. The molecule has 3 heterocycles. The molecule has 11 heteroatoms. The third-order valence-corrected chi connectivity index (χ3v) is 14.0. The standard InChI is InChI=1S/C41H51N5O5S/c1-27-9-15-35-30(18-27)7-5-17-41(35)25-45-22-32-12-14-34(32)37(50-3)8-4-6-28(2)24-52(49,43-39(47)31-13-16-38(51-26-41)36(45)19-31)44-40(48)33-20-42-46(23-33)21-29-10-11-29/h4,8-9,13,15-16,18-20,23,28-29,32,34,37H,5-7,10-12,14,17,21-22,24-26H2,1-3H3,(H,43,44,47,48,49)/b8-4+/t28-,32-,34+,37-,41-,52?/m0/s1. The van der Waals surface area contributed by atoms with Crippen LogP contribution in [0.2, 0.25) is 0 Å². The van der Waals surface area contributed by atoms with Crippen molar-refractivity contribution in [2.24, 2.45) is 28.0 Å². The number of methoxy groups -OCH3 is 1. The number of allylic oxidation sites excluding steroid dienone is 1. The molecule has 6 atom stereocenters. The van der Waals surface area contributed by atoms with Crippen molar-refractivity contribution in [1.29, 1.82) is 0 Å². The molecule has 1 N–H and O–H groups in total. The van der Waals surface area contributed by atoms with Gasteiger partial charge in [-0.2, -0.15) is 5.10 Å². The summed E-state index contributed by atoms with van der Waals surface area (Å²) in [5.74, 6) is 0.820. The van der Waals surface area contributed by atoms with Crippen LogP contribution in [0, 0.1) is 30.6 Å². The summed E-state index contributed by atoms with van der Waals surface area (Å²) in [5.41, 5.74) is 5.31. The number of hydrogen-bond donors (Lipinski definition) is 1. The topological polar surface area (TPSA) is 115 Å². The van der Waals surface area contributed by atoms with Gasteiger partial charge in [0.15, 0.2) is 0 Å². The van der Waals surface area contributed by atoms with Crippen LogP contribution in [0.4, 0.5) is 5.69 Å². The highest BCUT2D eigenvalue weighted by atomic mass is 32.2. The monoisotopic (exact) mass is 725 g/mol. The van der Waals surface area contributed by atoms with E-state index in [0.717, 1.165) is 76.0 Å². The Kier molecular flexibility index (Phi) is 9.53. The van der Waals surface area contributed by atoms with Crippen molar-refractivity contribution in [3.63, 3.8) is 0 Å². The van der Waals surface area contributed by atoms with Crippen LogP contribution in [-0.2, 0) is 33.0 Å². The minimum Gasteiger partial charge on any atom is -0.490 e. The van der Waals surface area contributed by atoms with Gasteiger partial charge in [0.25, 0.3) is 11.8 Å². The van der Waals surface area contributed by atoms with E-state index in [1.807, 2.05) is 19.1 Å². The minimum absolute atomic E-state index is 0.0241. The van der Waals surface area contributed by atoms with Crippen molar-refractivity contribution in [2.75, 3.05) is 37.5 Å². The van der Waals surface area contributed by atoms with Gasteiger partial charge in [-0.3, -0.25) is 19.0 Å². The summed E-state index contributed by atoms with van der Waals surface area (Å²) in [5, 5.41) is 4.34. The molecular weight excluding hydrogens is 675 g/mol. The number of rotatable bonds is 5. The Bertz CT molecular complexity index is 2010. The molecule has 2 fully saturated rings. The molecule has 276 valence electrons. The molecule has 0 radical (unpaired) electrons. The van der Waals surface area contributed by atoms with Gasteiger partial charge in [-0.15, -0.1) is 4.36 Å². The zero-order chi connectivity index (χ0) is 36.0. The van der Waals surface area contributed by atoms with Gasteiger partial charge in [0.05, 0.1) is 35.9 Å². The molecule has 1 aromatic heterocycles. The third kappa shape index (κ3) is 7.18. The molecule has 2 aromatic carbocycles. The maximum absolute atomic E-state index is 14.6. The first kappa shape index (κ1) is 35.1. The number of nitrogens with one attached hydrogen (secondary N) is 1. The number of benzene rings is 2. The Labute approximate surface area is 307 Å². The first-order valence-corrected chi connectivity index (χ1v) is 20.7. The summed E-state index contributed by atoms with van der Waals surface area (Å²) in [6, 6.07) is 12.3. The van der Waals surface area contributed by atoms with Gasteiger partial charge in [0.1, 0.15) is 15.7 Å². The van der Waals surface area contributed by atoms with Gasteiger partial charge in [0.2, 0.25) is 0 Å². The van der Waals surface area contributed by atoms with E-state index in [-0.39, 0.29) is 23.2 Å². The Hall–Kier alpha value is -3.96. The summed E-state index contributed by atoms with van der Waals surface area (Å²) in [6.07, 6.45) is 15.7. The second-order valence-corrected chi connectivity index (χ2v) is 18.1. The molecule has 3 aromatic rings. The van der Waals surface area contributed by atoms with Gasteiger partial charge in [-0.1, -0.05) is 42.8 Å². The van der Waals surface area contributed by atoms with Gasteiger partial charge in [-0.05, 0) is 111 Å². The average molecular weight is 726 g/mol. The molecule has 0 saturated heterocycles. The van der Waals surface area contributed by atoms with Crippen LogP contribution in [0.15, 0.2) is 65.3 Å². The molecule has 8 rings (SSSR count). The number of aryl methyl sites for hydroxylation is 2. The molecule has 2 saturated carbocycles. The van der Waals surface area contributed by atoms with Gasteiger partial charge in [0, 0.05) is 43.9 Å². The van der Waals surface area contributed by atoms with Gasteiger partial charge in [-0.25, -0.2) is 4.21 Å². The van der Waals surface area contributed by atoms with Gasteiger partial charge >= 0.3 is 0 Å². The zero-order valence-corrected chi connectivity index (χ0v) is 31.4. The van der Waals surface area contributed by atoms with Crippen molar-refractivity contribution in [3.8, 4) is 5.75 Å². The van der Waals surface area contributed by atoms with E-state index >= 15 is 0 Å². The lowest BCUT2D eigenvalue weighted by molar-refractivity contribution is 0.0131. The maximum Gasteiger partial charge on any atom is 0.286 e. The van der Waals surface area contributed by atoms with Crippen LogP contribution >= 0.6 is 0 Å². The lowest BCUT2D eigenvalue weighted by Gasteiger charge is -2.46. The fraction of sp³-hybridized carbons (Fsp3) is 0.537. The first-order valence-electron chi connectivity index (χ1n) is 19.1. The van der Waals surface area contributed by atoms with Crippen LogP contribution in [-0.4, -0.2) is 64.5 Å². The summed E-state index contributed by atoms with van der Waals surface area (Å²) in [7, 11) is -1.73. The summed E-state index contributed by atoms with van der Waals surface area (Å²) < 4.78 is 36.1. The van der Waals surface area contributed by atoms with E-state index < -0.39 is 21.7 Å². The number of fused-ring (bicyclic) bond motifs is 4. The van der Waals surface area contributed by atoms with Crippen molar-refractivity contribution >= 4 is 27.4 Å². The normalized spacial score (nSPS) is 30.9. The molecule has 2 aliphatic heterocycles. The quantitative estimate of drug-likeness (QED) is 0.293. The fourth-order valence-electron chi connectivity index (χ4n) is 8.88. The second-order valence-electron chi connectivity index (χ2n) is 16.1. The molecule has 52 heavy (non-hydrogen) atoms. The molecule has 2 bridgehead atoms. The van der Waals surface area contributed by atoms with E-state index in [1.165, 1.54) is 22.9 Å². The largest absolute Gasteiger partial charge is 0.490 e. The van der Waals surface area contributed by atoms with Crippen molar-refractivity contribution in [2.45, 2.75) is 83.3 Å². The van der Waals surface area contributed by atoms with Crippen LogP contribution in [0.5, 0.6) is 5.75 Å². The predicted octanol–water partition coefficient (Wildman–Crippen LogP) is 6.67. The summed E-state index contributed by atoms with van der Waals surface area (Å²) in [6.45, 7) is 7.01. The third-order valence-electron chi connectivity index (χ3n) is 12.0. The predicted molar refractivity (Wildman–Crippen MR) is 202 cm³/mol. The van der Waals surface area contributed by atoms with E-state index in [1.54, 1.807) is 24.1 Å². The van der Waals surface area contributed by atoms with Crippen LogP contribution in [0.3, 0.4) is 0 Å². The number of ether oxygens (including phenoxy) is 2. The van der Waals surface area contributed by atoms with Crippen molar-refractivity contribution in [3.05, 3.63) is 88.8 Å². The second kappa shape index (κ2) is 14.1. The Morgan fingerprint density at radius 3 is 2.81 bits per heavy atom. The number of nitrogens with zero attached hydrogens (tertiary/aromatic N) is 4. The van der Waals surface area contributed by atoms with E-state index in [9.17, 15) is 13.8 Å². The number of carbonyl (C=O) groups is 2. The van der Waals surface area contributed by atoms with E-state index in [2.05, 4.69) is 56.4 Å². The molecule has 3 aliphatic carbocycles. The number of anilines is 1. The first-order chi connectivity index (χ1) is 25.1. The lowest BCUT2D eigenvalue weighted by atomic mass is 9.68. The smallest absolute Gasteiger partial charge is 0.286 e. The Morgan fingerprint density at radius 1 is 1.15 bits per heavy atom. The number of hydrogen-bond acceptors (Lipinski definition) is 7. The number of aromatic nitrogens is 2. The molecule has 1 unspecified atom stereocenters. The SMILES string of the molecule is CO[C@H]1/C=C/C[C@H](C)CS(=O)(NC(=O)c2cnn(CC3CC3)c2)=NC(=O)c2ccc3c(c2)N(C[C@@H]2CC[C@H]21)C[C@@]1(CCCc2cc(C)ccc21)CO3. The fourth-order valence-corrected chi connectivity index (χ4v) is 10.8. The van der Waals surface area contributed by atoms with Crippen molar-refractivity contribution in [1.82, 2.24) is 14.5 Å². The highest BCUT2D eigenvalue weighted by Crippen LogP contribution is 2.47. The molecule has 5 aliphatic rings. The number of amides is 2. The molecule has 10 nitrogen and oxygen atoms in total. The van der Waals surface area contributed by atoms with E-state index in [4.69, 9.17) is 9.47 Å². The van der Waals surface area contributed by atoms with Crippen LogP contribution in [0.25, 0.3) is 0 Å². The summed E-state index contributed by atoms with van der Waals surface area (Å²) >= 11 is 0. The maximum atomic E-state index is 14.6. The zero-order valence-electron chi connectivity index (χ0n) is 30.6. The molecular formula is C41H51N5O5S. The lowest BCUT2D eigenvalue weighted by Crippen LogP contribution is -2.49. The Morgan fingerprint density at radius 2 is 2.02 bits per heavy atom. The highest BCUT2D eigenvalue weighted by Gasteiger charge is 2.44. The average Bonchev–Trinajstić information content (AvgIpc) is 3.82.